The maximum Gasteiger partial charge on any atom is 0.319 e. The molecule has 106 valence electrons. The molecule has 0 radical (unpaired) electrons. The van der Waals surface area contributed by atoms with Crippen LogP contribution in [-0.2, 0) is 4.84 Å². The van der Waals surface area contributed by atoms with Crippen molar-refractivity contribution in [3.63, 3.8) is 0 Å². The minimum atomic E-state index is -0.670. The summed E-state index contributed by atoms with van der Waals surface area (Å²) in [4.78, 5) is 12.3. The highest BCUT2D eigenvalue weighted by Gasteiger charge is 2.11. The lowest BCUT2D eigenvalue weighted by molar-refractivity contribution is 0.207. The van der Waals surface area contributed by atoms with Gasteiger partial charge in [0, 0.05) is 0 Å². The van der Waals surface area contributed by atoms with Crippen molar-refractivity contribution in [2.75, 3.05) is 18.3 Å². The fourth-order valence-corrected chi connectivity index (χ4v) is 1.62. The van der Waals surface area contributed by atoms with E-state index in [1.54, 1.807) is 0 Å². The van der Waals surface area contributed by atoms with Gasteiger partial charge in [0.1, 0.15) is 6.10 Å². The number of hydrogen-bond acceptors (Lipinski definition) is 6. The standard InChI is InChI=1S/C13H15FN4O2/c1-8(9-4-3-5-10(6-9)18-19-2)20-13-16-7-11(14)12(15)17-13/h3-8,18H,1-2H3,(H2,15,16,17). The Labute approximate surface area is 115 Å². The first-order valence-electron chi connectivity index (χ1n) is 5.93. The number of hydrogen-bond donors (Lipinski definition) is 2. The van der Waals surface area contributed by atoms with Crippen LogP contribution in [0.3, 0.4) is 0 Å². The third-order valence-electron chi connectivity index (χ3n) is 2.61. The lowest BCUT2D eigenvalue weighted by Gasteiger charge is -2.14. The molecule has 3 N–H and O–H groups in total. The molecule has 0 aliphatic heterocycles. The molecule has 1 aromatic heterocycles. The second-order valence-corrected chi connectivity index (χ2v) is 4.08. The zero-order valence-corrected chi connectivity index (χ0v) is 11.1. The van der Waals surface area contributed by atoms with Crippen LogP contribution in [0, 0.1) is 5.82 Å². The van der Waals surface area contributed by atoms with Crippen molar-refractivity contribution in [2.24, 2.45) is 0 Å². The second-order valence-electron chi connectivity index (χ2n) is 4.08. The smallest absolute Gasteiger partial charge is 0.319 e. The zero-order chi connectivity index (χ0) is 14.5. The van der Waals surface area contributed by atoms with Gasteiger partial charge in [-0.1, -0.05) is 12.1 Å². The summed E-state index contributed by atoms with van der Waals surface area (Å²) in [6.07, 6.45) is 0.659. The van der Waals surface area contributed by atoms with Crippen LogP contribution in [0.4, 0.5) is 15.9 Å². The third-order valence-corrected chi connectivity index (χ3v) is 2.61. The normalized spacial score (nSPS) is 11.9. The van der Waals surface area contributed by atoms with Crippen molar-refractivity contribution < 1.29 is 14.0 Å². The SMILES string of the molecule is CONc1cccc(C(C)Oc2ncc(F)c(N)n2)c1. The van der Waals surface area contributed by atoms with E-state index in [1.807, 2.05) is 31.2 Å². The summed E-state index contributed by atoms with van der Waals surface area (Å²) in [5.41, 5.74) is 9.77. The molecule has 1 heterocycles. The molecule has 0 amide bonds. The van der Waals surface area contributed by atoms with Crippen LogP contribution >= 0.6 is 0 Å². The number of ether oxygens (including phenoxy) is 1. The molecule has 2 rings (SSSR count). The molecule has 6 nitrogen and oxygen atoms in total. The van der Waals surface area contributed by atoms with E-state index in [1.165, 1.54) is 7.11 Å². The number of nitrogens with one attached hydrogen (secondary N) is 1. The van der Waals surface area contributed by atoms with Crippen molar-refractivity contribution in [1.29, 1.82) is 0 Å². The average molecular weight is 278 g/mol. The van der Waals surface area contributed by atoms with Gasteiger partial charge < -0.3 is 10.5 Å². The van der Waals surface area contributed by atoms with Crippen molar-refractivity contribution in [3.05, 3.63) is 41.8 Å². The van der Waals surface area contributed by atoms with Crippen molar-refractivity contribution in [3.8, 4) is 6.01 Å². The highest BCUT2D eigenvalue weighted by molar-refractivity contribution is 5.44. The molecule has 1 atom stereocenters. The first-order valence-corrected chi connectivity index (χ1v) is 5.93. The van der Waals surface area contributed by atoms with Gasteiger partial charge in [-0.3, -0.25) is 10.3 Å². The number of halogens is 1. The molecule has 0 saturated carbocycles. The Morgan fingerprint density at radius 3 is 2.90 bits per heavy atom. The van der Waals surface area contributed by atoms with E-state index >= 15 is 0 Å². The van der Waals surface area contributed by atoms with Crippen LogP contribution in [0.5, 0.6) is 6.01 Å². The van der Waals surface area contributed by atoms with Gasteiger partial charge in [-0.15, -0.1) is 0 Å². The monoisotopic (exact) mass is 278 g/mol. The quantitative estimate of drug-likeness (QED) is 0.817. The molecule has 1 unspecified atom stereocenters. The first kappa shape index (κ1) is 14.0. The van der Waals surface area contributed by atoms with Gasteiger partial charge in [-0.2, -0.15) is 4.98 Å². The minimum absolute atomic E-state index is 0.0292. The summed E-state index contributed by atoms with van der Waals surface area (Å²) in [6, 6.07) is 7.49. The number of rotatable bonds is 5. The van der Waals surface area contributed by atoms with Crippen molar-refractivity contribution >= 4 is 11.5 Å². The molecule has 20 heavy (non-hydrogen) atoms. The fraction of sp³-hybridized carbons (Fsp3) is 0.231. The maximum absolute atomic E-state index is 13.0. The molecule has 0 spiro atoms. The summed E-state index contributed by atoms with van der Waals surface area (Å²) in [5.74, 6) is -0.909. The van der Waals surface area contributed by atoms with Crippen LogP contribution in [-0.4, -0.2) is 17.1 Å². The molecule has 1 aromatic carbocycles. The number of nitrogens with two attached hydrogens (primary N) is 1. The Kier molecular flexibility index (Phi) is 4.31. The Bertz CT molecular complexity index is 594. The van der Waals surface area contributed by atoms with E-state index in [4.69, 9.17) is 15.3 Å². The highest BCUT2D eigenvalue weighted by atomic mass is 19.1. The van der Waals surface area contributed by atoms with Crippen LogP contribution < -0.4 is 16.0 Å². The van der Waals surface area contributed by atoms with E-state index in [-0.39, 0.29) is 17.9 Å². The van der Waals surface area contributed by atoms with Crippen molar-refractivity contribution in [2.45, 2.75) is 13.0 Å². The predicted molar refractivity (Wildman–Crippen MR) is 72.5 cm³/mol. The maximum atomic E-state index is 13.0. The molecule has 0 aliphatic carbocycles. The number of aromatic nitrogens is 2. The van der Waals surface area contributed by atoms with E-state index in [0.717, 1.165) is 17.4 Å². The van der Waals surface area contributed by atoms with Gasteiger partial charge in [0.25, 0.3) is 0 Å². The number of nitrogen functional groups attached to an aromatic ring is 1. The second kappa shape index (κ2) is 6.16. The number of anilines is 2. The topological polar surface area (TPSA) is 82.3 Å². The van der Waals surface area contributed by atoms with E-state index in [0.29, 0.717) is 0 Å². The molecule has 7 heteroatoms. The number of nitrogens with zero attached hydrogens (tertiary/aromatic N) is 2. The Hall–Kier alpha value is -2.41. The summed E-state index contributed by atoms with van der Waals surface area (Å²) >= 11 is 0. The third kappa shape index (κ3) is 3.33. The van der Waals surface area contributed by atoms with Gasteiger partial charge in [0.2, 0.25) is 0 Å². The molecule has 2 aromatic rings. The van der Waals surface area contributed by atoms with Gasteiger partial charge >= 0.3 is 6.01 Å². The van der Waals surface area contributed by atoms with Gasteiger partial charge in [0.05, 0.1) is 19.0 Å². The van der Waals surface area contributed by atoms with Crippen LogP contribution in [0.2, 0.25) is 0 Å². The molecule has 0 saturated heterocycles. The number of benzene rings is 1. The average Bonchev–Trinajstić information content (AvgIpc) is 2.43. The largest absolute Gasteiger partial charge is 0.456 e. The minimum Gasteiger partial charge on any atom is -0.456 e. The molecule has 0 bridgehead atoms. The lowest BCUT2D eigenvalue weighted by atomic mass is 10.1. The molecule has 0 aliphatic rings. The first-order chi connectivity index (χ1) is 9.60. The Morgan fingerprint density at radius 1 is 1.40 bits per heavy atom. The Balaban J connectivity index is 2.12. The lowest BCUT2D eigenvalue weighted by Crippen LogP contribution is -2.08. The fourth-order valence-electron chi connectivity index (χ4n) is 1.62. The molecule has 0 fully saturated rings. The Morgan fingerprint density at radius 2 is 2.20 bits per heavy atom. The predicted octanol–water partition coefficient (Wildman–Crippen LogP) is 2.31. The van der Waals surface area contributed by atoms with Crippen LogP contribution in [0.25, 0.3) is 0 Å². The zero-order valence-electron chi connectivity index (χ0n) is 11.1. The summed E-state index contributed by atoms with van der Waals surface area (Å²) in [6.45, 7) is 1.83. The van der Waals surface area contributed by atoms with Gasteiger partial charge in [-0.25, -0.2) is 9.37 Å². The summed E-state index contributed by atoms with van der Waals surface area (Å²) in [5, 5.41) is 0. The molecular weight excluding hydrogens is 263 g/mol. The summed E-state index contributed by atoms with van der Waals surface area (Å²) in [7, 11) is 1.53. The van der Waals surface area contributed by atoms with Crippen LogP contribution in [0.15, 0.2) is 30.5 Å². The van der Waals surface area contributed by atoms with Gasteiger partial charge in [0.15, 0.2) is 11.6 Å². The van der Waals surface area contributed by atoms with Crippen LogP contribution in [0.1, 0.15) is 18.6 Å². The van der Waals surface area contributed by atoms with E-state index < -0.39 is 5.82 Å². The van der Waals surface area contributed by atoms with Crippen molar-refractivity contribution in [1.82, 2.24) is 9.97 Å². The summed E-state index contributed by atoms with van der Waals surface area (Å²) < 4.78 is 18.5. The highest BCUT2D eigenvalue weighted by Crippen LogP contribution is 2.22. The van der Waals surface area contributed by atoms with Gasteiger partial charge in [-0.05, 0) is 24.6 Å². The molecular formula is C13H15FN4O2. The van der Waals surface area contributed by atoms with E-state index in [2.05, 4.69) is 15.4 Å². The van der Waals surface area contributed by atoms with E-state index in [9.17, 15) is 4.39 Å².